The maximum absolute atomic E-state index is 12.4. The number of rotatable bonds is 4. The number of nitrogens with zero attached hydrogens (tertiary/aromatic N) is 2. The molecule has 3 N–H and O–H groups in total. The lowest BCUT2D eigenvalue weighted by atomic mass is 9.91. The molecule has 2 aliphatic rings. The number of hydrogen-bond acceptors (Lipinski definition) is 3. The fourth-order valence-electron chi connectivity index (χ4n) is 3.04. The number of piperidine rings is 1. The second-order valence-corrected chi connectivity index (χ2v) is 6.82. The van der Waals surface area contributed by atoms with Gasteiger partial charge in [0.15, 0.2) is 0 Å². The number of urea groups is 1. The van der Waals surface area contributed by atoms with Gasteiger partial charge in [0.25, 0.3) is 0 Å². The molecule has 1 heterocycles. The molecule has 2 rings (SSSR count). The van der Waals surface area contributed by atoms with Crippen molar-refractivity contribution >= 4 is 24.3 Å². The van der Waals surface area contributed by atoms with Gasteiger partial charge in [-0.05, 0) is 38.5 Å². The zero-order valence-corrected chi connectivity index (χ0v) is 14.6. The van der Waals surface area contributed by atoms with Crippen LogP contribution < -0.4 is 11.1 Å². The summed E-state index contributed by atoms with van der Waals surface area (Å²) in [7, 11) is 3.51. The molecular weight excluding hydrogens is 304 g/mol. The number of amides is 3. The number of carbonyl (C=O) groups excluding carboxylic acids is 2. The van der Waals surface area contributed by atoms with E-state index in [9.17, 15) is 9.59 Å². The predicted molar refractivity (Wildman–Crippen MR) is 89.0 cm³/mol. The zero-order chi connectivity index (χ0) is 15.6. The van der Waals surface area contributed by atoms with Crippen LogP contribution in [-0.4, -0.2) is 61.0 Å². The van der Waals surface area contributed by atoms with Gasteiger partial charge in [0.1, 0.15) is 0 Å². The number of nitrogens with one attached hydrogen (secondary N) is 1. The Bertz CT molecular complexity index is 406. The normalized spacial score (nSPS) is 21.5. The Balaban J connectivity index is 0.00000242. The van der Waals surface area contributed by atoms with Gasteiger partial charge in [-0.25, -0.2) is 4.79 Å². The molecule has 1 saturated heterocycles. The quantitative estimate of drug-likeness (QED) is 0.807. The van der Waals surface area contributed by atoms with Gasteiger partial charge in [0, 0.05) is 39.6 Å². The molecule has 0 aromatic carbocycles. The van der Waals surface area contributed by atoms with Gasteiger partial charge in [0.05, 0.1) is 5.54 Å². The summed E-state index contributed by atoms with van der Waals surface area (Å²) in [6.07, 6.45) is 3.78. The summed E-state index contributed by atoms with van der Waals surface area (Å²) in [5, 5.41) is 3.16. The van der Waals surface area contributed by atoms with Crippen molar-refractivity contribution in [3.05, 3.63) is 0 Å². The molecule has 0 radical (unpaired) electrons. The number of likely N-dealkylation sites (tertiary alicyclic amines) is 1. The van der Waals surface area contributed by atoms with Gasteiger partial charge in [-0.15, -0.1) is 12.4 Å². The Hall–Kier alpha value is -1.01. The molecule has 3 amide bonds. The van der Waals surface area contributed by atoms with Crippen LogP contribution in [0.2, 0.25) is 0 Å². The average molecular weight is 333 g/mol. The maximum Gasteiger partial charge on any atom is 0.319 e. The van der Waals surface area contributed by atoms with Crippen molar-refractivity contribution in [3.63, 3.8) is 0 Å². The molecule has 1 aliphatic heterocycles. The first kappa shape index (κ1) is 19.0. The van der Waals surface area contributed by atoms with Crippen LogP contribution in [0, 0.1) is 11.8 Å². The van der Waals surface area contributed by atoms with Gasteiger partial charge < -0.3 is 20.9 Å². The highest BCUT2D eigenvalue weighted by Crippen LogP contribution is 2.39. The number of nitrogens with two attached hydrogens (primary N) is 1. The van der Waals surface area contributed by atoms with E-state index in [-0.39, 0.29) is 35.8 Å². The molecular formula is C15H29ClN4O2. The van der Waals surface area contributed by atoms with Crippen LogP contribution in [-0.2, 0) is 4.79 Å². The van der Waals surface area contributed by atoms with Crippen LogP contribution in [0.5, 0.6) is 0 Å². The van der Waals surface area contributed by atoms with Crippen molar-refractivity contribution in [1.82, 2.24) is 15.1 Å². The monoisotopic (exact) mass is 332 g/mol. The summed E-state index contributed by atoms with van der Waals surface area (Å²) in [4.78, 5) is 27.7. The van der Waals surface area contributed by atoms with Gasteiger partial charge in [-0.2, -0.15) is 0 Å². The first-order valence-corrected chi connectivity index (χ1v) is 7.85. The third-order valence-electron chi connectivity index (χ3n) is 4.83. The highest BCUT2D eigenvalue weighted by atomic mass is 35.5. The molecule has 1 saturated carbocycles. The van der Waals surface area contributed by atoms with E-state index in [1.54, 1.807) is 19.0 Å². The maximum atomic E-state index is 12.4. The Labute approximate surface area is 139 Å². The van der Waals surface area contributed by atoms with Crippen molar-refractivity contribution in [1.29, 1.82) is 0 Å². The summed E-state index contributed by atoms with van der Waals surface area (Å²) in [5.41, 5.74) is 5.59. The fraction of sp³-hybridized carbons (Fsp3) is 0.867. The topological polar surface area (TPSA) is 78.7 Å². The first-order chi connectivity index (χ1) is 9.87. The van der Waals surface area contributed by atoms with Crippen LogP contribution in [0.1, 0.15) is 32.6 Å². The third-order valence-corrected chi connectivity index (χ3v) is 4.83. The SMILES string of the molecule is CN(C)C(=O)N1CCC(C(=O)NC(C)(CN)C2CC2)CC1.Cl. The van der Waals surface area contributed by atoms with Gasteiger partial charge in [-0.1, -0.05) is 0 Å². The molecule has 1 unspecified atom stereocenters. The highest BCUT2D eigenvalue weighted by molar-refractivity contribution is 5.85. The third kappa shape index (κ3) is 4.26. The van der Waals surface area contributed by atoms with Crippen LogP contribution in [0.4, 0.5) is 4.79 Å². The second kappa shape index (κ2) is 7.51. The van der Waals surface area contributed by atoms with Crippen molar-refractivity contribution in [2.75, 3.05) is 33.7 Å². The Kier molecular flexibility index (Phi) is 6.50. The van der Waals surface area contributed by atoms with E-state index in [1.807, 2.05) is 11.8 Å². The van der Waals surface area contributed by atoms with Crippen molar-refractivity contribution in [2.24, 2.45) is 17.6 Å². The Morgan fingerprint density at radius 1 is 1.23 bits per heavy atom. The van der Waals surface area contributed by atoms with E-state index in [2.05, 4.69) is 5.32 Å². The minimum atomic E-state index is -0.256. The van der Waals surface area contributed by atoms with Crippen molar-refractivity contribution < 1.29 is 9.59 Å². The van der Waals surface area contributed by atoms with Crippen LogP contribution in [0.25, 0.3) is 0 Å². The average Bonchev–Trinajstić information content (AvgIpc) is 3.31. The number of carbonyl (C=O) groups is 2. The van der Waals surface area contributed by atoms with E-state index in [1.165, 1.54) is 0 Å². The van der Waals surface area contributed by atoms with Crippen molar-refractivity contribution in [3.8, 4) is 0 Å². The lowest BCUT2D eigenvalue weighted by Gasteiger charge is -2.36. The minimum Gasteiger partial charge on any atom is -0.349 e. The molecule has 6 nitrogen and oxygen atoms in total. The van der Waals surface area contributed by atoms with Gasteiger partial charge in [0.2, 0.25) is 5.91 Å². The molecule has 22 heavy (non-hydrogen) atoms. The molecule has 0 bridgehead atoms. The van der Waals surface area contributed by atoms with Crippen LogP contribution in [0.15, 0.2) is 0 Å². The Morgan fingerprint density at radius 3 is 2.18 bits per heavy atom. The fourth-order valence-corrected chi connectivity index (χ4v) is 3.04. The van der Waals surface area contributed by atoms with Crippen molar-refractivity contribution in [2.45, 2.75) is 38.1 Å². The molecule has 7 heteroatoms. The molecule has 128 valence electrons. The zero-order valence-electron chi connectivity index (χ0n) is 13.8. The van der Waals surface area contributed by atoms with Gasteiger partial charge >= 0.3 is 6.03 Å². The van der Waals surface area contributed by atoms with E-state index in [0.717, 1.165) is 25.7 Å². The smallest absolute Gasteiger partial charge is 0.319 e. The molecule has 0 spiro atoms. The van der Waals surface area contributed by atoms with E-state index >= 15 is 0 Å². The molecule has 2 fully saturated rings. The second-order valence-electron chi connectivity index (χ2n) is 6.82. The molecule has 0 aromatic rings. The summed E-state index contributed by atoms with van der Waals surface area (Å²) in [6.45, 7) is 3.84. The van der Waals surface area contributed by atoms with E-state index in [0.29, 0.717) is 25.6 Å². The molecule has 1 atom stereocenters. The first-order valence-electron chi connectivity index (χ1n) is 7.85. The lowest BCUT2D eigenvalue weighted by Crippen LogP contribution is -2.56. The summed E-state index contributed by atoms with van der Waals surface area (Å²) in [6, 6.07) is 0.0265. The number of hydrogen-bond donors (Lipinski definition) is 2. The van der Waals surface area contributed by atoms with E-state index in [4.69, 9.17) is 5.73 Å². The van der Waals surface area contributed by atoms with E-state index < -0.39 is 0 Å². The molecule has 1 aliphatic carbocycles. The summed E-state index contributed by atoms with van der Waals surface area (Å²) >= 11 is 0. The number of halogens is 1. The minimum absolute atomic E-state index is 0. The summed E-state index contributed by atoms with van der Waals surface area (Å²) < 4.78 is 0. The summed E-state index contributed by atoms with van der Waals surface area (Å²) in [5.74, 6) is 0.634. The standard InChI is InChI=1S/C15H28N4O2.ClH/c1-15(10-16,12-4-5-12)17-13(20)11-6-8-19(9-7-11)14(21)18(2)3;/h11-12H,4-10,16H2,1-3H3,(H,17,20);1H. The molecule has 0 aromatic heterocycles. The predicted octanol–water partition coefficient (Wildman–Crippen LogP) is 1.05. The van der Waals surface area contributed by atoms with Crippen LogP contribution in [0.3, 0.4) is 0 Å². The lowest BCUT2D eigenvalue weighted by molar-refractivity contribution is -0.128. The highest BCUT2D eigenvalue weighted by Gasteiger charge is 2.42. The Morgan fingerprint density at radius 2 is 1.77 bits per heavy atom. The van der Waals surface area contributed by atoms with Gasteiger partial charge in [-0.3, -0.25) is 4.79 Å². The van der Waals surface area contributed by atoms with Crippen LogP contribution >= 0.6 is 12.4 Å². The largest absolute Gasteiger partial charge is 0.349 e.